The van der Waals surface area contributed by atoms with E-state index in [2.05, 4.69) is 13.8 Å². The van der Waals surface area contributed by atoms with Gasteiger partial charge in [0.15, 0.2) is 0 Å². The maximum Gasteiger partial charge on any atom is 0.305 e. The van der Waals surface area contributed by atoms with Crippen LogP contribution in [-0.4, -0.2) is 24.8 Å². The van der Waals surface area contributed by atoms with Gasteiger partial charge in [-0.15, -0.1) is 0 Å². The van der Waals surface area contributed by atoms with E-state index in [1.807, 2.05) is 0 Å². The van der Waals surface area contributed by atoms with Gasteiger partial charge in [0.25, 0.3) is 0 Å². The van der Waals surface area contributed by atoms with Crippen molar-refractivity contribution in [3.8, 4) is 0 Å². The zero-order valence-corrected chi connectivity index (χ0v) is 12.7. The maximum atomic E-state index is 11.4. The van der Waals surface area contributed by atoms with Crippen LogP contribution < -0.4 is 0 Å². The Labute approximate surface area is 118 Å². The predicted octanol–water partition coefficient (Wildman–Crippen LogP) is 4.24. The number of unbranched alkanes of at least 4 members (excludes halogenated alkanes) is 5. The Bertz CT molecular complexity index is 240. The van der Waals surface area contributed by atoms with E-state index in [4.69, 9.17) is 9.47 Å². The molecular weight excluding hydrogens is 240 g/mol. The van der Waals surface area contributed by atoms with E-state index in [1.54, 1.807) is 0 Å². The maximum absolute atomic E-state index is 11.4. The van der Waals surface area contributed by atoms with E-state index >= 15 is 0 Å². The molecule has 112 valence electrons. The summed E-state index contributed by atoms with van der Waals surface area (Å²) in [4.78, 5) is 11.4. The first-order chi connectivity index (χ1) is 9.27. The highest BCUT2D eigenvalue weighted by atomic mass is 16.6. The van der Waals surface area contributed by atoms with Crippen molar-refractivity contribution in [2.24, 2.45) is 0 Å². The predicted molar refractivity (Wildman–Crippen MR) is 77.1 cm³/mol. The van der Waals surface area contributed by atoms with Gasteiger partial charge in [-0.05, 0) is 19.3 Å². The number of hydrogen-bond donors (Lipinski definition) is 0. The van der Waals surface area contributed by atoms with E-state index in [1.165, 1.54) is 38.5 Å². The van der Waals surface area contributed by atoms with Crippen LogP contribution in [0.1, 0.15) is 78.1 Å². The molecule has 0 radical (unpaired) electrons. The van der Waals surface area contributed by atoms with Gasteiger partial charge in [-0.1, -0.05) is 52.4 Å². The molecule has 3 nitrogen and oxygen atoms in total. The minimum absolute atomic E-state index is 0.0642. The van der Waals surface area contributed by atoms with Crippen LogP contribution in [-0.2, 0) is 14.3 Å². The molecule has 2 unspecified atom stereocenters. The van der Waals surface area contributed by atoms with Gasteiger partial charge in [-0.25, -0.2) is 0 Å². The average molecular weight is 270 g/mol. The Kier molecular flexibility index (Phi) is 8.89. The number of rotatable bonds is 12. The Morgan fingerprint density at radius 2 is 1.63 bits per heavy atom. The van der Waals surface area contributed by atoms with Crippen LogP contribution in [0.15, 0.2) is 0 Å². The molecule has 0 aromatic heterocycles. The van der Waals surface area contributed by atoms with Crippen LogP contribution >= 0.6 is 0 Å². The highest BCUT2D eigenvalue weighted by molar-refractivity contribution is 5.69. The minimum Gasteiger partial charge on any atom is -0.466 e. The molecule has 0 aromatic rings. The summed E-state index contributed by atoms with van der Waals surface area (Å²) >= 11 is 0. The fraction of sp³-hybridized carbons (Fsp3) is 0.938. The SMILES string of the molecule is CCCCCCCC1OC1CCC(=O)OCCCC. The number of ether oxygens (including phenoxy) is 2. The normalized spacial score (nSPS) is 21.4. The molecule has 1 saturated heterocycles. The van der Waals surface area contributed by atoms with Gasteiger partial charge in [-0.3, -0.25) is 4.79 Å². The van der Waals surface area contributed by atoms with E-state index in [0.717, 1.165) is 19.3 Å². The third-order valence-electron chi connectivity index (χ3n) is 3.67. The molecule has 0 bridgehead atoms. The van der Waals surface area contributed by atoms with E-state index in [9.17, 15) is 4.79 Å². The Morgan fingerprint density at radius 1 is 0.947 bits per heavy atom. The summed E-state index contributed by atoms with van der Waals surface area (Å²) in [5, 5.41) is 0. The second kappa shape index (κ2) is 10.2. The van der Waals surface area contributed by atoms with Gasteiger partial charge >= 0.3 is 5.97 Å². The van der Waals surface area contributed by atoms with Crippen LogP contribution in [0.5, 0.6) is 0 Å². The fourth-order valence-corrected chi connectivity index (χ4v) is 2.30. The summed E-state index contributed by atoms with van der Waals surface area (Å²) in [7, 11) is 0. The molecule has 1 aliphatic rings. The van der Waals surface area contributed by atoms with Gasteiger partial charge in [-0.2, -0.15) is 0 Å². The first-order valence-corrected chi connectivity index (χ1v) is 8.09. The lowest BCUT2D eigenvalue weighted by atomic mass is 10.1. The Hall–Kier alpha value is -0.570. The zero-order valence-electron chi connectivity index (χ0n) is 12.7. The average Bonchev–Trinajstić information content (AvgIpc) is 3.15. The topological polar surface area (TPSA) is 38.8 Å². The number of hydrogen-bond acceptors (Lipinski definition) is 3. The van der Waals surface area contributed by atoms with Gasteiger partial charge in [0.05, 0.1) is 18.8 Å². The van der Waals surface area contributed by atoms with Crippen molar-refractivity contribution >= 4 is 5.97 Å². The largest absolute Gasteiger partial charge is 0.466 e. The lowest BCUT2D eigenvalue weighted by Gasteiger charge is -2.02. The summed E-state index contributed by atoms with van der Waals surface area (Å²) < 4.78 is 10.7. The summed E-state index contributed by atoms with van der Waals surface area (Å²) in [6.07, 6.45) is 11.9. The molecule has 1 heterocycles. The van der Waals surface area contributed by atoms with Crippen LogP contribution in [0.25, 0.3) is 0 Å². The van der Waals surface area contributed by atoms with Gasteiger partial charge in [0.2, 0.25) is 0 Å². The molecule has 1 rings (SSSR count). The van der Waals surface area contributed by atoms with Crippen LogP contribution in [0, 0.1) is 0 Å². The number of epoxide rings is 1. The highest BCUT2D eigenvalue weighted by Crippen LogP contribution is 2.31. The molecule has 1 aliphatic heterocycles. The Morgan fingerprint density at radius 3 is 2.37 bits per heavy atom. The Balaban J connectivity index is 1.88. The van der Waals surface area contributed by atoms with E-state index < -0.39 is 0 Å². The van der Waals surface area contributed by atoms with Gasteiger partial charge in [0.1, 0.15) is 0 Å². The van der Waals surface area contributed by atoms with Gasteiger partial charge in [0, 0.05) is 6.42 Å². The molecule has 0 aliphatic carbocycles. The summed E-state index contributed by atoms with van der Waals surface area (Å²) in [6.45, 7) is 4.90. The number of carbonyl (C=O) groups is 1. The van der Waals surface area contributed by atoms with Crippen molar-refractivity contribution in [3.05, 3.63) is 0 Å². The monoisotopic (exact) mass is 270 g/mol. The molecule has 0 N–H and O–H groups in total. The third kappa shape index (κ3) is 8.25. The molecule has 3 heteroatoms. The zero-order chi connectivity index (χ0) is 13.9. The number of esters is 1. The molecule has 0 amide bonds. The van der Waals surface area contributed by atoms with E-state index in [0.29, 0.717) is 25.2 Å². The van der Waals surface area contributed by atoms with E-state index in [-0.39, 0.29) is 5.97 Å². The second-order valence-electron chi connectivity index (χ2n) is 5.53. The lowest BCUT2D eigenvalue weighted by molar-refractivity contribution is -0.143. The van der Waals surface area contributed by atoms with Crippen molar-refractivity contribution < 1.29 is 14.3 Å². The molecule has 0 aromatic carbocycles. The molecule has 0 saturated carbocycles. The van der Waals surface area contributed by atoms with Crippen LogP contribution in [0.2, 0.25) is 0 Å². The van der Waals surface area contributed by atoms with Crippen molar-refractivity contribution in [1.82, 2.24) is 0 Å². The van der Waals surface area contributed by atoms with Crippen LogP contribution in [0.3, 0.4) is 0 Å². The second-order valence-corrected chi connectivity index (χ2v) is 5.53. The summed E-state index contributed by atoms with van der Waals surface area (Å²) in [5.41, 5.74) is 0. The van der Waals surface area contributed by atoms with Crippen molar-refractivity contribution in [3.63, 3.8) is 0 Å². The molecular formula is C16H30O3. The minimum atomic E-state index is -0.0642. The number of carbonyl (C=O) groups excluding carboxylic acids is 1. The quantitative estimate of drug-likeness (QED) is 0.302. The lowest BCUT2D eigenvalue weighted by Crippen LogP contribution is -2.07. The highest BCUT2D eigenvalue weighted by Gasteiger charge is 2.37. The summed E-state index contributed by atoms with van der Waals surface area (Å²) in [5.74, 6) is -0.0642. The molecule has 0 spiro atoms. The molecule has 19 heavy (non-hydrogen) atoms. The van der Waals surface area contributed by atoms with Crippen molar-refractivity contribution in [2.45, 2.75) is 90.3 Å². The standard InChI is InChI=1S/C16H30O3/c1-3-5-7-8-9-10-14-15(19-14)11-12-16(17)18-13-6-4-2/h14-15H,3-13H2,1-2H3. The fourth-order valence-electron chi connectivity index (χ4n) is 2.30. The first kappa shape index (κ1) is 16.5. The smallest absolute Gasteiger partial charge is 0.305 e. The van der Waals surface area contributed by atoms with Crippen LogP contribution in [0.4, 0.5) is 0 Å². The molecule has 2 atom stereocenters. The van der Waals surface area contributed by atoms with Gasteiger partial charge < -0.3 is 9.47 Å². The first-order valence-electron chi connectivity index (χ1n) is 8.09. The van der Waals surface area contributed by atoms with Crippen molar-refractivity contribution in [1.29, 1.82) is 0 Å². The van der Waals surface area contributed by atoms with Crippen molar-refractivity contribution in [2.75, 3.05) is 6.61 Å². The third-order valence-corrected chi connectivity index (χ3v) is 3.67. The molecule has 1 fully saturated rings. The summed E-state index contributed by atoms with van der Waals surface area (Å²) in [6, 6.07) is 0.